The van der Waals surface area contributed by atoms with E-state index in [1.54, 1.807) is 18.4 Å². The van der Waals surface area contributed by atoms with E-state index < -0.39 is 22.5 Å². The first-order chi connectivity index (χ1) is 20.8. The molecule has 0 unspecified atom stereocenters. The van der Waals surface area contributed by atoms with E-state index in [0.717, 1.165) is 52.9 Å². The molecular weight excluding hydrogens is 586 g/mol. The molecule has 0 N–H and O–H groups in total. The van der Waals surface area contributed by atoms with Crippen molar-refractivity contribution in [3.8, 4) is 27.5 Å². The number of carbonyl (C=O) groups is 1. The van der Waals surface area contributed by atoms with Gasteiger partial charge in [0.05, 0.1) is 22.9 Å². The van der Waals surface area contributed by atoms with E-state index in [0.29, 0.717) is 23.0 Å². The van der Waals surface area contributed by atoms with Crippen LogP contribution in [0.3, 0.4) is 0 Å². The quantitative estimate of drug-likeness (QED) is 0.137. The summed E-state index contributed by atoms with van der Waals surface area (Å²) in [6.45, 7) is 4.06. The van der Waals surface area contributed by atoms with Gasteiger partial charge in [0.1, 0.15) is 5.82 Å². The second kappa shape index (κ2) is 12.2. The second-order valence-corrected chi connectivity index (χ2v) is 12.6. The topological polar surface area (TPSA) is 91.2 Å². The highest BCUT2D eigenvalue weighted by molar-refractivity contribution is 7.72. The number of benzene rings is 3. The number of hydrogen-bond donors (Lipinski definition) is 1. The van der Waals surface area contributed by atoms with Gasteiger partial charge >= 0.3 is 5.97 Å². The lowest BCUT2D eigenvalue weighted by Gasteiger charge is -2.10. The fraction of sp³-hybridized carbons (Fsp3) is 0.242. The van der Waals surface area contributed by atoms with Crippen molar-refractivity contribution in [1.29, 1.82) is 0 Å². The Bertz CT molecular complexity index is 1880. The van der Waals surface area contributed by atoms with Crippen molar-refractivity contribution in [2.24, 2.45) is 5.92 Å². The molecule has 5 aromatic rings. The number of thiazole rings is 1. The standard InChI is InChI=1S/C33H30FN3O4S2/c1-3-41-32(38)28-19-42-33(35-28)37-29(17-21-9-10-21)26(15-22-11-14-30(43(39)40)27(34)16-22)31(36-37)25-6-4-5-24(18-25)23-12-7-20(2)8-13-23/h4-8,11-14,16,18-19,21,43H,3,9-10,15,17H2,1-2H3. The van der Waals surface area contributed by atoms with Crippen molar-refractivity contribution in [2.45, 2.75) is 44.4 Å². The Kier molecular flexibility index (Phi) is 8.23. The molecule has 7 nitrogen and oxygen atoms in total. The predicted molar refractivity (Wildman–Crippen MR) is 165 cm³/mol. The SMILES string of the molecule is CCOC(=O)c1csc(-n2nc(-c3cccc(-c4ccc(C)cc4)c3)c(Cc3ccc([SH](=O)=O)c(F)c3)c2CC2CC2)n1. The minimum absolute atomic E-state index is 0.226. The van der Waals surface area contributed by atoms with Crippen LogP contribution in [-0.4, -0.2) is 35.8 Å². The maximum atomic E-state index is 14.8. The molecule has 220 valence electrons. The number of thiol groups is 1. The van der Waals surface area contributed by atoms with E-state index in [4.69, 9.17) is 9.84 Å². The van der Waals surface area contributed by atoms with E-state index >= 15 is 0 Å². The van der Waals surface area contributed by atoms with Crippen LogP contribution in [-0.2, 0) is 28.3 Å². The summed E-state index contributed by atoms with van der Waals surface area (Å²) in [4.78, 5) is 16.7. The molecule has 10 heteroatoms. The van der Waals surface area contributed by atoms with Gasteiger partial charge in [-0.25, -0.2) is 27.3 Å². The third kappa shape index (κ3) is 6.30. The van der Waals surface area contributed by atoms with Gasteiger partial charge in [-0.15, -0.1) is 11.3 Å². The number of halogens is 1. The Morgan fingerprint density at radius 3 is 2.51 bits per heavy atom. The predicted octanol–water partition coefficient (Wildman–Crippen LogP) is 6.80. The average molecular weight is 616 g/mol. The average Bonchev–Trinajstić information content (AvgIpc) is 3.56. The van der Waals surface area contributed by atoms with E-state index in [1.807, 2.05) is 16.8 Å². The molecule has 1 aliphatic rings. The third-order valence-corrected chi connectivity index (χ3v) is 9.11. The lowest BCUT2D eigenvalue weighted by atomic mass is 9.95. The first-order valence-corrected chi connectivity index (χ1v) is 16.2. The van der Waals surface area contributed by atoms with Crippen LogP contribution < -0.4 is 0 Å². The van der Waals surface area contributed by atoms with Crippen molar-refractivity contribution in [3.05, 3.63) is 106 Å². The Balaban J connectivity index is 1.51. The first-order valence-electron chi connectivity index (χ1n) is 14.1. The fourth-order valence-electron chi connectivity index (χ4n) is 5.13. The molecule has 0 saturated heterocycles. The number of hydrogen-bond acceptors (Lipinski definition) is 7. The van der Waals surface area contributed by atoms with E-state index in [9.17, 15) is 17.6 Å². The zero-order valence-electron chi connectivity index (χ0n) is 23.7. The largest absolute Gasteiger partial charge is 0.461 e. The minimum atomic E-state index is -3.04. The van der Waals surface area contributed by atoms with E-state index in [-0.39, 0.29) is 17.2 Å². The number of aromatic nitrogens is 3. The lowest BCUT2D eigenvalue weighted by Crippen LogP contribution is -2.08. The van der Waals surface area contributed by atoms with Crippen molar-refractivity contribution in [3.63, 3.8) is 0 Å². The molecule has 1 saturated carbocycles. The first kappa shape index (κ1) is 28.9. The van der Waals surface area contributed by atoms with Crippen molar-refractivity contribution >= 4 is 28.0 Å². The zero-order valence-corrected chi connectivity index (χ0v) is 25.5. The summed E-state index contributed by atoms with van der Waals surface area (Å²) < 4.78 is 44.7. The second-order valence-electron chi connectivity index (χ2n) is 10.7. The molecule has 2 heterocycles. The molecule has 1 fully saturated rings. The van der Waals surface area contributed by atoms with Gasteiger partial charge in [0.25, 0.3) is 0 Å². The number of nitrogens with zero attached hydrogens (tertiary/aromatic N) is 3. The normalized spacial score (nSPS) is 13.0. The van der Waals surface area contributed by atoms with Gasteiger partial charge in [-0.05, 0) is 73.9 Å². The summed E-state index contributed by atoms with van der Waals surface area (Å²) in [5, 5.41) is 7.30. The number of carbonyl (C=O) groups excluding carboxylic acids is 1. The molecule has 1 aliphatic carbocycles. The van der Waals surface area contributed by atoms with Crippen LogP contribution in [0.25, 0.3) is 27.5 Å². The van der Waals surface area contributed by atoms with Crippen molar-refractivity contribution in [1.82, 2.24) is 14.8 Å². The Morgan fingerprint density at radius 2 is 1.81 bits per heavy atom. The van der Waals surface area contributed by atoms with Crippen molar-refractivity contribution < 1.29 is 22.3 Å². The molecule has 0 atom stereocenters. The van der Waals surface area contributed by atoms with Crippen LogP contribution in [0.15, 0.2) is 77.0 Å². The van der Waals surface area contributed by atoms with Crippen molar-refractivity contribution in [2.75, 3.05) is 6.61 Å². The summed E-state index contributed by atoms with van der Waals surface area (Å²) in [7, 11) is -3.04. The maximum Gasteiger partial charge on any atom is 0.357 e. The molecule has 6 rings (SSSR count). The van der Waals surface area contributed by atoms with Gasteiger partial charge in [0.2, 0.25) is 5.13 Å². The Hall–Kier alpha value is -4.15. The number of esters is 1. The van der Waals surface area contributed by atoms with E-state index in [1.165, 1.54) is 29.0 Å². The van der Waals surface area contributed by atoms with Gasteiger partial charge in [-0.2, -0.15) is 5.10 Å². The van der Waals surface area contributed by atoms with E-state index in [2.05, 4.69) is 48.3 Å². The molecule has 0 amide bonds. The molecule has 0 radical (unpaired) electrons. The summed E-state index contributed by atoms with van der Waals surface area (Å²) in [5.74, 6) is -0.764. The highest BCUT2D eigenvalue weighted by Gasteiger charge is 2.29. The highest BCUT2D eigenvalue weighted by Crippen LogP contribution is 2.39. The number of aryl methyl sites for hydroxylation is 1. The molecule has 0 spiro atoms. The summed E-state index contributed by atoms with van der Waals surface area (Å²) in [6.07, 6.45) is 3.31. The number of rotatable bonds is 10. The summed E-state index contributed by atoms with van der Waals surface area (Å²) >= 11 is 1.31. The van der Waals surface area contributed by atoms with Gasteiger partial charge < -0.3 is 4.74 Å². The minimum Gasteiger partial charge on any atom is -0.461 e. The monoisotopic (exact) mass is 615 g/mol. The molecular formula is C33H30FN3O4S2. The van der Waals surface area contributed by atoms with Crippen LogP contribution in [0.2, 0.25) is 0 Å². The molecule has 0 aliphatic heterocycles. The van der Waals surface area contributed by atoms with Gasteiger partial charge in [-0.1, -0.05) is 54.1 Å². The molecule has 3 aromatic carbocycles. The van der Waals surface area contributed by atoms with Crippen LogP contribution in [0.4, 0.5) is 4.39 Å². The highest BCUT2D eigenvalue weighted by atomic mass is 32.2. The molecule has 43 heavy (non-hydrogen) atoms. The van der Waals surface area contributed by atoms with Crippen LogP contribution in [0, 0.1) is 18.7 Å². The molecule has 0 bridgehead atoms. The zero-order chi connectivity index (χ0) is 30.1. The molecule has 2 aromatic heterocycles. The van der Waals surface area contributed by atoms with Crippen LogP contribution >= 0.6 is 11.3 Å². The lowest BCUT2D eigenvalue weighted by molar-refractivity contribution is 0.0520. The maximum absolute atomic E-state index is 14.8. The van der Waals surface area contributed by atoms with Crippen LogP contribution in [0.5, 0.6) is 0 Å². The fourth-order valence-corrected chi connectivity index (χ4v) is 6.33. The van der Waals surface area contributed by atoms with Gasteiger partial charge in [0, 0.05) is 22.9 Å². The Labute approximate surface area is 255 Å². The Morgan fingerprint density at radius 1 is 1.05 bits per heavy atom. The van der Waals surface area contributed by atoms with Gasteiger partial charge in [0.15, 0.2) is 16.4 Å². The smallest absolute Gasteiger partial charge is 0.357 e. The van der Waals surface area contributed by atoms with Gasteiger partial charge in [-0.3, -0.25) is 0 Å². The summed E-state index contributed by atoms with van der Waals surface area (Å²) in [6, 6.07) is 20.7. The third-order valence-electron chi connectivity index (χ3n) is 7.54. The summed E-state index contributed by atoms with van der Waals surface area (Å²) in [5.41, 5.74) is 7.64. The number of ether oxygens (including phenoxy) is 1. The van der Waals surface area contributed by atoms with Crippen LogP contribution in [0.1, 0.15) is 52.6 Å².